The summed E-state index contributed by atoms with van der Waals surface area (Å²) in [6.07, 6.45) is 0. The van der Waals surface area contributed by atoms with Crippen molar-refractivity contribution in [3.05, 3.63) is 229 Å². The van der Waals surface area contributed by atoms with E-state index in [1.165, 1.54) is 75.2 Å². The monoisotopic (exact) mass is 858 g/mol. The zero-order valence-corrected chi connectivity index (χ0v) is 38.0. The summed E-state index contributed by atoms with van der Waals surface area (Å²) in [5, 5.41) is 0. The molecule has 9 aromatic rings. The first-order chi connectivity index (χ1) is 31.2. The zero-order valence-electron chi connectivity index (χ0n) is 36.3. The van der Waals surface area contributed by atoms with E-state index in [4.69, 9.17) is 0 Å². The average Bonchev–Trinajstić information content (AvgIpc) is 3.70. The minimum Gasteiger partial charge on any atom is -0.311 e. The molecule has 3 aliphatic rings. The Bertz CT molecular complexity index is 3220. The van der Waals surface area contributed by atoms with Crippen LogP contribution in [0, 0.1) is 0 Å². The molecule has 0 saturated carbocycles. The molecule has 1 aliphatic heterocycles. The molecule has 0 atom stereocenters. The number of rotatable bonds is 7. The van der Waals surface area contributed by atoms with Crippen molar-refractivity contribution in [2.24, 2.45) is 0 Å². The van der Waals surface area contributed by atoms with Crippen LogP contribution >= 0.6 is 23.5 Å². The molecule has 0 fully saturated rings. The topological polar surface area (TPSA) is 6.48 Å². The van der Waals surface area contributed by atoms with Crippen molar-refractivity contribution in [3.63, 3.8) is 0 Å². The average molecular weight is 859 g/mol. The summed E-state index contributed by atoms with van der Waals surface area (Å²) in [5.74, 6) is 0. The van der Waals surface area contributed by atoms with E-state index in [-0.39, 0.29) is 10.8 Å². The second-order valence-electron chi connectivity index (χ2n) is 18.2. The molecule has 12 rings (SSSR count). The highest BCUT2D eigenvalue weighted by molar-refractivity contribution is 8.05. The Morgan fingerprint density at radius 2 is 0.688 bits per heavy atom. The van der Waals surface area contributed by atoms with Gasteiger partial charge in [-0.05, 0) is 159 Å². The van der Waals surface area contributed by atoms with E-state index in [0.717, 1.165) is 34.1 Å². The van der Waals surface area contributed by atoms with Gasteiger partial charge < -0.3 is 9.80 Å². The van der Waals surface area contributed by atoms with Crippen LogP contribution in [0.15, 0.2) is 226 Å². The Morgan fingerprint density at radius 1 is 0.281 bits per heavy atom. The maximum atomic E-state index is 2.47. The molecule has 9 aromatic carbocycles. The molecule has 0 unspecified atom stereocenters. The molecule has 0 saturated heterocycles. The Hall–Kier alpha value is -6.72. The third kappa shape index (κ3) is 6.26. The van der Waals surface area contributed by atoms with Crippen LogP contribution in [0.5, 0.6) is 0 Å². The summed E-state index contributed by atoms with van der Waals surface area (Å²) in [5.41, 5.74) is 19.8. The van der Waals surface area contributed by atoms with E-state index in [1.54, 1.807) is 0 Å². The smallest absolute Gasteiger partial charge is 0.0465 e. The van der Waals surface area contributed by atoms with Gasteiger partial charge in [0.25, 0.3) is 0 Å². The molecular weight excluding hydrogens is 813 g/mol. The normalized spacial score (nSPS) is 14.4. The van der Waals surface area contributed by atoms with Crippen LogP contribution in [0.3, 0.4) is 0 Å². The standard InChI is InChI=1S/C60H46N2S2/c1-59(2)51-20-12-11-19-47(51)48-34-32-46(36-53(48)59)62(45-30-28-44(29-31-45)61(41-15-7-5-8-16-41)42-17-9-6-10-18-42)43-26-23-39(24-27-43)40-25-33-49-50-37-57-58(38-54(50)60(3,4)52(49)35-40)64-56-22-14-13-21-55(56)63-57/h5-38H,1-4H3. The summed E-state index contributed by atoms with van der Waals surface area (Å²) >= 11 is 3.80. The van der Waals surface area contributed by atoms with Crippen molar-refractivity contribution >= 4 is 57.6 Å². The van der Waals surface area contributed by atoms with Crippen LogP contribution in [0.2, 0.25) is 0 Å². The Balaban J connectivity index is 0.920. The van der Waals surface area contributed by atoms with Crippen LogP contribution in [0.25, 0.3) is 33.4 Å². The SMILES string of the molecule is CC1(C)c2ccccc2-c2ccc(N(c3ccc(-c4ccc5c(c4)C(C)(C)c4cc6c(cc4-5)Sc4ccccc4S6)cc3)c3ccc(N(c4ccccc4)c4ccccc4)cc3)cc21. The lowest BCUT2D eigenvalue weighted by molar-refractivity contribution is 0.658. The number of anilines is 6. The first kappa shape index (κ1) is 38.9. The number of nitrogens with zero attached hydrogens (tertiary/aromatic N) is 2. The summed E-state index contributed by atoms with van der Waals surface area (Å²) in [4.78, 5) is 10.1. The molecule has 0 bridgehead atoms. The van der Waals surface area contributed by atoms with Crippen molar-refractivity contribution < 1.29 is 0 Å². The molecule has 308 valence electrons. The van der Waals surface area contributed by atoms with Crippen LogP contribution < -0.4 is 9.80 Å². The van der Waals surface area contributed by atoms with Crippen LogP contribution in [-0.4, -0.2) is 0 Å². The van der Waals surface area contributed by atoms with Crippen molar-refractivity contribution in [2.45, 2.75) is 58.1 Å². The Kier molecular flexibility index (Phi) is 9.09. The predicted molar refractivity (Wildman–Crippen MR) is 271 cm³/mol. The quantitative estimate of drug-likeness (QED) is 0.157. The van der Waals surface area contributed by atoms with Crippen molar-refractivity contribution in [1.82, 2.24) is 0 Å². The van der Waals surface area contributed by atoms with E-state index >= 15 is 0 Å². The second kappa shape index (κ2) is 14.9. The minimum absolute atomic E-state index is 0.113. The summed E-state index contributed by atoms with van der Waals surface area (Å²) in [7, 11) is 0. The van der Waals surface area contributed by atoms with Crippen LogP contribution in [0.1, 0.15) is 49.9 Å². The van der Waals surface area contributed by atoms with Gasteiger partial charge in [0, 0.05) is 64.5 Å². The van der Waals surface area contributed by atoms with Gasteiger partial charge >= 0.3 is 0 Å². The van der Waals surface area contributed by atoms with Crippen LogP contribution in [-0.2, 0) is 10.8 Å². The lowest BCUT2D eigenvalue weighted by Crippen LogP contribution is -2.16. The molecular formula is C60H46N2S2. The number of hydrogen-bond acceptors (Lipinski definition) is 4. The second-order valence-corrected chi connectivity index (χ2v) is 20.4. The number of fused-ring (bicyclic) bond motifs is 8. The van der Waals surface area contributed by atoms with Gasteiger partial charge in [0.1, 0.15) is 0 Å². The first-order valence-electron chi connectivity index (χ1n) is 22.2. The van der Waals surface area contributed by atoms with E-state index in [1.807, 2.05) is 23.5 Å². The molecule has 4 heteroatoms. The van der Waals surface area contributed by atoms with Gasteiger partial charge in [-0.2, -0.15) is 0 Å². The molecule has 0 aromatic heterocycles. The minimum atomic E-state index is -0.115. The number of hydrogen-bond donors (Lipinski definition) is 0. The van der Waals surface area contributed by atoms with Gasteiger partial charge in [-0.25, -0.2) is 0 Å². The molecule has 0 amide bonds. The predicted octanol–water partition coefficient (Wildman–Crippen LogP) is 17.5. The zero-order chi connectivity index (χ0) is 43.2. The van der Waals surface area contributed by atoms with Gasteiger partial charge in [-0.15, -0.1) is 0 Å². The highest BCUT2D eigenvalue weighted by Crippen LogP contribution is 2.56. The van der Waals surface area contributed by atoms with Crippen LogP contribution in [0.4, 0.5) is 34.1 Å². The summed E-state index contributed by atoms with van der Waals surface area (Å²) < 4.78 is 0. The lowest BCUT2D eigenvalue weighted by Gasteiger charge is -2.29. The third-order valence-corrected chi connectivity index (χ3v) is 16.2. The number of benzene rings is 9. The summed E-state index contributed by atoms with van der Waals surface area (Å²) in [6, 6.07) is 76.2. The third-order valence-electron chi connectivity index (χ3n) is 13.7. The van der Waals surface area contributed by atoms with E-state index in [2.05, 4.69) is 244 Å². The molecule has 1 heterocycles. The fourth-order valence-electron chi connectivity index (χ4n) is 10.4. The van der Waals surface area contributed by atoms with Gasteiger partial charge in [-0.1, -0.05) is 154 Å². The first-order valence-corrected chi connectivity index (χ1v) is 23.8. The number of para-hydroxylation sites is 2. The summed E-state index contributed by atoms with van der Waals surface area (Å²) in [6.45, 7) is 9.51. The molecule has 2 aliphatic carbocycles. The largest absolute Gasteiger partial charge is 0.311 e. The molecule has 64 heavy (non-hydrogen) atoms. The van der Waals surface area contributed by atoms with Gasteiger partial charge in [0.2, 0.25) is 0 Å². The van der Waals surface area contributed by atoms with Gasteiger partial charge in [0.15, 0.2) is 0 Å². The van der Waals surface area contributed by atoms with Crippen molar-refractivity contribution in [2.75, 3.05) is 9.80 Å². The van der Waals surface area contributed by atoms with E-state index in [9.17, 15) is 0 Å². The van der Waals surface area contributed by atoms with Gasteiger partial charge in [-0.3, -0.25) is 0 Å². The maximum Gasteiger partial charge on any atom is 0.0465 e. The lowest BCUT2D eigenvalue weighted by atomic mass is 9.81. The van der Waals surface area contributed by atoms with Crippen molar-refractivity contribution in [1.29, 1.82) is 0 Å². The molecule has 0 N–H and O–H groups in total. The Labute approximate surface area is 385 Å². The molecule has 0 spiro atoms. The van der Waals surface area contributed by atoms with Gasteiger partial charge in [0.05, 0.1) is 0 Å². The molecule has 0 radical (unpaired) electrons. The fraction of sp³-hybridized carbons (Fsp3) is 0.100. The Morgan fingerprint density at radius 3 is 1.33 bits per heavy atom. The molecule has 2 nitrogen and oxygen atoms in total. The fourth-order valence-corrected chi connectivity index (χ4v) is 12.6. The maximum absolute atomic E-state index is 2.47. The van der Waals surface area contributed by atoms with E-state index in [0.29, 0.717) is 0 Å². The van der Waals surface area contributed by atoms with E-state index < -0.39 is 0 Å². The highest BCUT2D eigenvalue weighted by Gasteiger charge is 2.38. The van der Waals surface area contributed by atoms with Crippen molar-refractivity contribution in [3.8, 4) is 33.4 Å². The highest BCUT2D eigenvalue weighted by atomic mass is 32.2.